The molecule has 1 unspecified atom stereocenters. The highest BCUT2D eigenvalue weighted by Gasteiger charge is 2.49. The molecule has 0 amide bonds. The zero-order valence-electron chi connectivity index (χ0n) is 10.8. The zero-order chi connectivity index (χ0) is 12.8. The number of pyridine rings is 1. The molecule has 0 spiro atoms. The minimum Gasteiger partial charge on any atom is -0.299 e. The van der Waals surface area contributed by atoms with Crippen LogP contribution in [-0.2, 0) is 11.2 Å². The molecule has 18 heavy (non-hydrogen) atoms. The fourth-order valence-corrected chi connectivity index (χ4v) is 2.64. The van der Waals surface area contributed by atoms with E-state index in [9.17, 15) is 4.79 Å². The molecule has 0 bridgehead atoms. The fraction of sp³-hybridized carbons (Fsp3) is 0.375. The molecule has 1 heterocycles. The van der Waals surface area contributed by atoms with Crippen LogP contribution in [-0.4, -0.2) is 10.8 Å². The summed E-state index contributed by atoms with van der Waals surface area (Å²) in [5, 5.41) is 1.10. The first-order chi connectivity index (χ1) is 8.58. The van der Waals surface area contributed by atoms with Crippen LogP contribution in [0.15, 0.2) is 36.5 Å². The van der Waals surface area contributed by atoms with Crippen molar-refractivity contribution in [1.29, 1.82) is 0 Å². The number of hydrogen-bond acceptors (Lipinski definition) is 2. The summed E-state index contributed by atoms with van der Waals surface area (Å²) in [5.41, 5.74) is 2.30. The minimum absolute atomic E-state index is 0.222. The van der Waals surface area contributed by atoms with Gasteiger partial charge in [-0.1, -0.05) is 32.0 Å². The average molecular weight is 239 g/mol. The number of aromatic nitrogens is 1. The number of Topliss-reactive ketones (excluding diaryl/α,β-unsaturated/α-hetero) is 1. The van der Waals surface area contributed by atoms with Gasteiger partial charge in [0.25, 0.3) is 0 Å². The van der Waals surface area contributed by atoms with Crippen LogP contribution in [0.25, 0.3) is 10.9 Å². The lowest BCUT2D eigenvalue weighted by Crippen LogP contribution is -2.09. The minimum atomic E-state index is 0.222. The Labute approximate surface area is 107 Å². The van der Waals surface area contributed by atoms with Crippen molar-refractivity contribution >= 4 is 16.7 Å². The van der Waals surface area contributed by atoms with Crippen molar-refractivity contribution in [2.24, 2.45) is 11.3 Å². The molecule has 0 aliphatic heterocycles. The van der Waals surface area contributed by atoms with Gasteiger partial charge in [-0.25, -0.2) is 0 Å². The molecule has 1 aromatic carbocycles. The number of carbonyl (C=O) groups excluding carboxylic acids is 1. The molecule has 0 N–H and O–H groups in total. The Bertz CT molecular complexity index is 610. The van der Waals surface area contributed by atoms with Gasteiger partial charge in [-0.05, 0) is 29.5 Å². The summed E-state index contributed by atoms with van der Waals surface area (Å²) in [4.78, 5) is 16.5. The normalized spacial score (nSPS) is 20.9. The van der Waals surface area contributed by atoms with E-state index >= 15 is 0 Å². The SMILES string of the molecule is CC1(C)CC1C(=O)Cc1ccnc2ccccc12. The van der Waals surface area contributed by atoms with Crippen molar-refractivity contribution in [3.63, 3.8) is 0 Å². The molecule has 0 radical (unpaired) electrons. The maximum atomic E-state index is 12.2. The van der Waals surface area contributed by atoms with Gasteiger partial charge in [-0.3, -0.25) is 9.78 Å². The lowest BCUT2D eigenvalue weighted by atomic mass is 9.99. The van der Waals surface area contributed by atoms with E-state index in [1.165, 1.54) is 0 Å². The predicted octanol–water partition coefficient (Wildman–Crippen LogP) is 3.39. The van der Waals surface area contributed by atoms with E-state index in [1.807, 2.05) is 30.3 Å². The van der Waals surface area contributed by atoms with Gasteiger partial charge in [-0.2, -0.15) is 0 Å². The number of hydrogen-bond donors (Lipinski definition) is 0. The summed E-state index contributed by atoms with van der Waals surface area (Å²) in [6, 6.07) is 9.98. The second-order valence-corrected chi connectivity index (χ2v) is 5.88. The molecule has 1 atom stereocenters. The van der Waals surface area contributed by atoms with Crippen LogP contribution >= 0.6 is 0 Å². The first-order valence-corrected chi connectivity index (χ1v) is 6.43. The summed E-state index contributed by atoms with van der Waals surface area (Å²) in [5.74, 6) is 0.626. The van der Waals surface area contributed by atoms with Crippen molar-refractivity contribution in [3.05, 3.63) is 42.1 Å². The van der Waals surface area contributed by atoms with Crippen molar-refractivity contribution < 1.29 is 4.79 Å². The topological polar surface area (TPSA) is 30.0 Å². The van der Waals surface area contributed by atoms with Crippen LogP contribution in [0.1, 0.15) is 25.8 Å². The van der Waals surface area contributed by atoms with Crippen LogP contribution in [0.4, 0.5) is 0 Å². The summed E-state index contributed by atoms with van der Waals surface area (Å²) in [7, 11) is 0. The van der Waals surface area contributed by atoms with Crippen LogP contribution in [0.3, 0.4) is 0 Å². The summed E-state index contributed by atoms with van der Waals surface area (Å²) in [6.45, 7) is 4.33. The number of nitrogens with zero attached hydrogens (tertiary/aromatic N) is 1. The Balaban J connectivity index is 1.89. The molecule has 3 rings (SSSR count). The van der Waals surface area contributed by atoms with Crippen molar-refractivity contribution in [3.8, 4) is 0 Å². The Morgan fingerprint density at radius 1 is 1.33 bits per heavy atom. The highest BCUT2D eigenvalue weighted by atomic mass is 16.1. The number of ketones is 1. The molecule has 1 aliphatic rings. The quantitative estimate of drug-likeness (QED) is 0.821. The van der Waals surface area contributed by atoms with E-state index in [-0.39, 0.29) is 11.3 Å². The van der Waals surface area contributed by atoms with E-state index < -0.39 is 0 Å². The molecule has 2 heteroatoms. The predicted molar refractivity (Wildman–Crippen MR) is 72.3 cm³/mol. The Morgan fingerprint density at radius 3 is 2.78 bits per heavy atom. The van der Waals surface area contributed by atoms with Crippen molar-refractivity contribution in [1.82, 2.24) is 4.98 Å². The van der Waals surface area contributed by atoms with Crippen molar-refractivity contribution in [2.45, 2.75) is 26.7 Å². The van der Waals surface area contributed by atoms with E-state index in [2.05, 4.69) is 18.8 Å². The van der Waals surface area contributed by atoms with E-state index in [0.717, 1.165) is 22.9 Å². The third-order valence-corrected chi connectivity index (χ3v) is 4.01. The molecule has 0 saturated heterocycles. The maximum Gasteiger partial charge on any atom is 0.140 e. The monoisotopic (exact) mass is 239 g/mol. The van der Waals surface area contributed by atoms with Crippen LogP contribution in [0, 0.1) is 11.3 Å². The van der Waals surface area contributed by atoms with Gasteiger partial charge in [0, 0.05) is 23.9 Å². The van der Waals surface area contributed by atoms with E-state index in [0.29, 0.717) is 12.2 Å². The second kappa shape index (κ2) is 3.91. The molecule has 1 saturated carbocycles. The summed E-state index contributed by atoms with van der Waals surface area (Å²) < 4.78 is 0. The van der Waals surface area contributed by atoms with Gasteiger partial charge >= 0.3 is 0 Å². The molecule has 1 aromatic heterocycles. The summed E-state index contributed by atoms with van der Waals surface area (Å²) in [6.07, 6.45) is 3.37. The molecular formula is C16H17NO. The Hall–Kier alpha value is -1.70. The highest BCUT2D eigenvalue weighted by Crippen LogP contribution is 2.52. The third-order valence-electron chi connectivity index (χ3n) is 4.01. The van der Waals surface area contributed by atoms with Crippen LogP contribution in [0.5, 0.6) is 0 Å². The molecule has 92 valence electrons. The number of rotatable bonds is 3. The van der Waals surface area contributed by atoms with Crippen LogP contribution in [0.2, 0.25) is 0 Å². The third kappa shape index (κ3) is 1.92. The van der Waals surface area contributed by atoms with Gasteiger partial charge in [0.2, 0.25) is 0 Å². The number of para-hydroxylation sites is 1. The smallest absolute Gasteiger partial charge is 0.140 e. The van der Waals surface area contributed by atoms with Gasteiger partial charge in [0.15, 0.2) is 0 Å². The molecule has 2 nitrogen and oxygen atoms in total. The second-order valence-electron chi connectivity index (χ2n) is 5.88. The largest absolute Gasteiger partial charge is 0.299 e. The zero-order valence-corrected chi connectivity index (χ0v) is 10.8. The number of carbonyl (C=O) groups is 1. The molecule has 2 aromatic rings. The van der Waals surface area contributed by atoms with Gasteiger partial charge in [0.05, 0.1) is 5.52 Å². The molecule has 1 aliphatic carbocycles. The first kappa shape index (κ1) is 11.4. The van der Waals surface area contributed by atoms with Crippen LogP contribution < -0.4 is 0 Å². The number of fused-ring (bicyclic) bond motifs is 1. The highest BCUT2D eigenvalue weighted by molar-refractivity contribution is 5.91. The Morgan fingerprint density at radius 2 is 2.06 bits per heavy atom. The summed E-state index contributed by atoms with van der Waals surface area (Å²) >= 11 is 0. The first-order valence-electron chi connectivity index (χ1n) is 6.43. The van der Waals surface area contributed by atoms with Gasteiger partial charge in [-0.15, -0.1) is 0 Å². The Kier molecular flexibility index (Phi) is 2.47. The van der Waals surface area contributed by atoms with Gasteiger partial charge < -0.3 is 0 Å². The lowest BCUT2D eigenvalue weighted by Gasteiger charge is -2.06. The molecule has 1 fully saturated rings. The van der Waals surface area contributed by atoms with Crippen molar-refractivity contribution in [2.75, 3.05) is 0 Å². The van der Waals surface area contributed by atoms with Gasteiger partial charge in [0.1, 0.15) is 5.78 Å². The molecular weight excluding hydrogens is 222 g/mol. The standard InChI is InChI=1S/C16H17NO/c1-16(2)10-13(16)15(18)9-11-7-8-17-14-6-4-3-5-12(11)14/h3-8,13H,9-10H2,1-2H3. The fourth-order valence-electron chi connectivity index (χ4n) is 2.64. The average Bonchev–Trinajstić information content (AvgIpc) is 2.99. The van der Waals surface area contributed by atoms with E-state index in [4.69, 9.17) is 0 Å². The maximum absolute atomic E-state index is 12.2. The van der Waals surface area contributed by atoms with E-state index in [1.54, 1.807) is 6.20 Å². The number of benzene rings is 1. The lowest BCUT2D eigenvalue weighted by molar-refractivity contribution is -0.120.